The Morgan fingerprint density at radius 3 is 2.61 bits per heavy atom. The van der Waals surface area contributed by atoms with Crippen molar-refractivity contribution in [3.8, 4) is 11.3 Å². The van der Waals surface area contributed by atoms with Crippen LogP contribution in [0.25, 0.3) is 11.3 Å². The number of fused-ring (bicyclic) bond motifs is 1. The van der Waals surface area contributed by atoms with Crippen LogP contribution < -0.4 is 11.1 Å². The first kappa shape index (κ1) is 21.6. The van der Waals surface area contributed by atoms with Crippen LogP contribution in [-0.2, 0) is 22.9 Å². The first-order chi connectivity index (χ1) is 14.5. The summed E-state index contributed by atoms with van der Waals surface area (Å²) in [5.41, 5.74) is 6.96. The fraction of sp³-hybridized carbons (Fsp3) is 0.421. The third-order valence-corrected chi connectivity index (χ3v) is 7.62. The van der Waals surface area contributed by atoms with Crippen molar-refractivity contribution in [1.29, 1.82) is 0 Å². The molecule has 1 aromatic heterocycles. The van der Waals surface area contributed by atoms with Gasteiger partial charge < -0.3 is 16.0 Å². The van der Waals surface area contributed by atoms with Gasteiger partial charge in [0.05, 0.1) is 34.6 Å². The summed E-state index contributed by atoms with van der Waals surface area (Å²) in [7, 11) is -3.10. The highest BCUT2D eigenvalue weighted by molar-refractivity contribution is 7.91. The molecule has 0 bridgehead atoms. The highest BCUT2D eigenvalue weighted by Crippen LogP contribution is 2.31. The maximum Gasteiger partial charge on any atom is 0.318 e. The van der Waals surface area contributed by atoms with Crippen molar-refractivity contribution in [2.75, 3.05) is 12.8 Å². The lowest BCUT2D eigenvalue weighted by Crippen LogP contribution is -2.54. The smallest absolute Gasteiger partial charge is 0.318 e. The maximum atomic E-state index is 13.5. The van der Waals surface area contributed by atoms with Gasteiger partial charge in [-0.1, -0.05) is 11.6 Å². The summed E-state index contributed by atoms with van der Waals surface area (Å²) in [5.74, 6) is -1.30. The Morgan fingerprint density at radius 1 is 1.29 bits per heavy atom. The van der Waals surface area contributed by atoms with Gasteiger partial charge in [-0.3, -0.25) is 9.48 Å². The standard InChI is InChI=1S/C19H21ClFN5O4S/c1-31(29,30)12-7-11(8-12)23-19(28)25-4-5-26-15(9-25)16(18(22)27)17(24-26)10-2-3-14(21)13(20)6-10/h2-3,6,11-12H,4-5,7-9H2,1H3,(H2,22,27)(H,23,28)/t11-,12+. The van der Waals surface area contributed by atoms with E-state index in [9.17, 15) is 22.4 Å². The lowest BCUT2D eigenvalue weighted by Gasteiger charge is -2.37. The molecular formula is C19H21ClFN5O4S. The molecule has 2 aromatic rings. The van der Waals surface area contributed by atoms with Gasteiger partial charge in [-0.25, -0.2) is 17.6 Å². The predicted molar refractivity (Wildman–Crippen MR) is 112 cm³/mol. The number of nitrogens with two attached hydrogens (primary N) is 1. The molecule has 166 valence electrons. The number of halogens is 2. The summed E-state index contributed by atoms with van der Waals surface area (Å²) >= 11 is 5.87. The summed E-state index contributed by atoms with van der Waals surface area (Å²) in [6.07, 6.45) is 1.97. The van der Waals surface area contributed by atoms with Crippen molar-refractivity contribution in [3.05, 3.63) is 40.3 Å². The number of sulfone groups is 1. The van der Waals surface area contributed by atoms with Gasteiger partial charge in [0.15, 0.2) is 0 Å². The molecule has 9 nitrogen and oxygen atoms in total. The molecular weight excluding hydrogens is 449 g/mol. The fourth-order valence-corrected chi connectivity index (χ4v) is 5.24. The van der Waals surface area contributed by atoms with E-state index in [0.717, 1.165) is 0 Å². The summed E-state index contributed by atoms with van der Waals surface area (Å²) in [6.45, 7) is 0.799. The van der Waals surface area contributed by atoms with Crippen molar-refractivity contribution in [2.24, 2.45) is 5.73 Å². The number of carbonyl (C=O) groups is 2. The molecule has 1 aliphatic carbocycles. The number of aromatic nitrogens is 2. The number of nitrogens with zero attached hydrogens (tertiary/aromatic N) is 3. The Hall–Kier alpha value is -2.66. The summed E-state index contributed by atoms with van der Waals surface area (Å²) in [4.78, 5) is 26.4. The van der Waals surface area contributed by atoms with Crippen molar-refractivity contribution in [2.45, 2.75) is 37.2 Å². The molecule has 31 heavy (non-hydrogen) atoms. The normalized spacial score (nSPS) is 20.7. The first-order valence-corrected chi connectivity index (χ1v) is 12.0. The number of primary amides is 1. The minimum absolute atomic E-state index is 0.104. The minimum Gasteiger partial charge on any atom is -0.365 e. The molecule has 3 N–H and O–H groups in total. The zero-order valence-electron chi connectivity index (χ0n) is 16.6. The highest BCUT2D eigenvalue weighted by Gasteiger charge is 2.38. The maximum absolute atomic E-state index is 13.5. The Morgan fingerprint density at radius 2 is 2.00 bits per heavy atom. The Labute approximate surface area is 183 Å². The average Bonchev–Trinajstić information content (AvgIpc) is 3.04. The minimum atomic E-state index is -3.10. The van der Waals surface area contributed by atoms with E-state index in [1.54, 1.807) is 4.68 Å². The predicted octanol–water partition coefficient (Wildman–Crippen LogP) is 1.54. The molecule has 12 heteroatoms. The number of hydrogen-bond acceptors (Lipinski definition) is 5. The molecule has 1 saturated carbocycles. The third kappa shape index (κ3) is 4.11. The zero-order chi connectivity index (χ0) is 22.5. The van der Waals surface area contributed by atoms with E-state index in [0.29, 0.717) is 37.2 Å². The van der Waals surface area contributed by atoms with Crippen LogP contribution in [-0.4, -0.2) is 59.1 Å². The number of urea groups is 1. The van der Waals surface area contributed by atoms with Gasteiger partial charge in [-0.05, 0) is 31.0 Å². The molecule has 0 spiro atoms. The molecule has 1 aliphatic heterocycles. The molecule has 2 aliphatic rings. The second-order valence-corrected chi connectivity index (χ2v) is 10.6. The van der Waals surface area contributed by atoms with Gasteiger partial charge in [0, 0.05) is 24.4 Å². The zero-order valence-corrected chi connectivity index (χ0v) is 18.2. The van der Waals surface area contributed by atoms with Crippen LogP contribution in [0.5, 0.6) is 0 Å². The van der Waals surface area contributed by atoms with E-state index in [-0.39, 0.29) is 34.9 Å². The first-order valence-electron chi connectivity index (χ1n) is 9.63. The van der Waals surface area contributed by atoms with E-state index in [1.807, 2.05) is 0 Å². The van der Waals surface area contributed by atoms with Crippen LogP contribution in [0.1, 0.15) is 28.9 Å². The van der Waals surface area contributed by atoms with Crippen molar-refractivity contribution in [3.63, 3.8) is 0 Å². The summed E-state index contributed by atoms with van der Waals surface area (Å²) in [6, 6.07) is 3.47. The fourth-order valence-electron chi connectivity index (χ4n) is 3.89. The van der Waals surface area contributed by atoms with Crippen molar-refractivity contribution < 1.29 is 22.4 Å². The molecule has 1 fully saturated rings. The Balaban J connectivity index is 1.53. The number of rotatable bonds is 4. The molecule has 4 rings (SSSR count). The molecule has 3 amide bonds. The number of nitrogens with one attached hydrogen (secondary N) is 1. The van der Waals surface area contributed by atoms with E-state index in [1.165, 1.54) is 29.4 Å². The third-order valence-electron chi connectivity index (χ3n) is 5.73. The van der Waals surface area contributed by atoms with E-state index in [4.69, 9.17) is 17.3 Å². The van der Waals surface area contributed by atoms with Gasteiger partial charge in [-0.15, -0.1) is 0 Å². The number of benzene rings is 1. The second kappa shape index (κ2) is 7.79. The SMILES string of the molecule is CS(=O)(=O)[C@H]1C[C@@H](NC(=O)N2CCn3nc(-c4ccc(F)c(Cl)c4)c(C(N)=O)c3C2)C1. The van der Waals surface area contributed by atoms with E-state index >= 15 is 0 Å². The Bertz CT molecular complexity index is 1180. The van der Waals surface area contributed by atoms with Crippen LogP contribution in [0.2, 0.25) is 5.02 Å². The lowest BCUT2D eigenvalue weighted by atomic mass is 9.92. The van der Waals surface area contributed by atoms with Crippen LogP contribution in [0.15, 0.2) is 18.2 Å². The van der Waals surface area contributed by atoms with E-state index in [2.05, 4.69) is 10.4 Å². The molecule has 0 radical (unpaired) electrons. The molecule has 1 aromatic carbocycles. The lowest BCUT2D eigenvalue weighted by molar-refractivity contribution is 0.0997. The van der Waals surface area contributed by atoms with Gasteiger partial charge in [0.1, 0.15) is 21.3 Å². The molecule has 2 heterocycles. The van der Waals surface area contributed by atoms with Crippen LogP contribution in [0.4, 0.5) is 9.18 Å². The Kier molecular flexibility index (Phi) is 5.42. The quantitative estimate of drug-likeness (QED) is 0.702. The van der Waals surface area contributed by atoms with Crippen molar-refractivity contribution in [1.82, 2.24) is 20.0 Å². The number of carbonyl (C=O) groups excluding carboxylic acids is 2. The monoisotopic (exact) mass is 469 g/mol. The van der Waals surface area contributed by atoms with Gasteiger partial charge in [0.2, 0.25) is 0 Å². The van der Waals surface area contributed by atoms with Crippen LogP contribution in [0, 0.1) is 5.82 Å². The van der Waals surface area contributed by atoms with Crippen LogP contribution >= 0.6 is 11.6 Å². The number of hydrogen-bond donors (Lipinski definition) is 2. The van der Waals surface area contributed by atoms with Crippen molar-refractivity contribution >= 4 is 33.4 Å². The highest BCUT2D eigenvalue weighted by atomic mass is 35.5. The molecule has 0 atom stereocenters. The van der Waals surface area contributed by atoms with Gasteiger partial charge in [-0.2, -0.15) is 5.10 Å². The van der Waals surface area contributed by atoms with Gasteiger partial charge in [0.25, 0.3) is 5.91 Å². The summed E-state index contributed by atoms with van der Waals surface area (Å²) < 4.78 is 38.2. The summed E-state index contributed by atoms with van der Waals surface area (Å²) in [5, 5.41) is 6.75. The van der Waals surface area contributed by atoms with Gasteiger partial charge >= 0.3 is 6.03 Å². The second-order valence-electron chi connectivity index (χ2n) is 7.88. The topological polar surface area (TPSA) is 127 Å². The van der Waals surface area contributed by atoms with Crippen LogP contribution in [0.3, 0.4) is 0 Å². The molecule has 0 saturated heterocycles. The average molecular weight is 470 g/mol. The molecule has 0 unspecified atom stereocenters. The largest absolute Gasteiger partial charge is 0.365 e. The number of amides is 3. The van der Waals surface area contributed by atoms with E-state index < -0.39 is 26.8 Å².